The van der Waals surface area contributed by atoms with Crippen LogP contribution in [0.15, 0.2) is 28.8 Å². The van der Waals surface area contributed by atoms with Gasteiger partial charge in [0.15, 0.2) is 5.82 Å². The lowest BCUT2D eigenvalue weighted by molar-refractivity contribution is 0.292. The van der Waals surface area contributed by atoms with Gasteiger partial charge < -0.3 is 14.9 Å². The number of nitrogens with one attached hydrogen (secondary N) is 1. The number of nitrogens with zero attached hydrogens (tertiary/aromatic N) is 2. The normalized spacial score (nSPS) is 17.8. The second kappa shape index (κ2) is 4.18. The van der Waals surface area contributed by atoms with Gasteiger partial charge in [-0.05, 0) is 11.6 Å². The van der Waals surface area contributed by atoms with Crippen molar-refractivity contribution in [2.45, 2.75) is 18.9 Å². The van der Waals surface area contributed by atoms with Gasteiger partial charge in [0.2, 0.25) is 5.89 Å². The number of aliphatic hydroxyl groups excluding tert-OH is 1. The molecule has 0 bridgehead atoms. The van der Waals surface area contributed by atoms with Crippen molar-refractivity contribution in [3.63, 3.8) is 0 Å². The number of benzene rings is 1. The summed E-state index contributed by atoms with van der Waals surface area (Å²) in [6.45, 7) is 0.0390. The number of aromatic nitrogens is 2. The van der Waals surface area contributed by atoms with Crippen LogP contribution < -0.4 is 5.32 Å². The van der Waals surface area contributed by atoms with Crippen molar-refractivity contribution in [3.8, 4) is 0 Å². The van der Waals surface area contributed by atoms with Crippen LogP contribution in [0.25, 0.3) is 0 Å². The fraction of sp³-hybridized carbons (Fsp3) is 0.333. The summed E-state index contributed by atoms with van der Waals surface area (Å²) < 4.78 is 5.20. The van der Waals surface area contributed by atoms with E-state index in [0.29, 0.717) is 18.1 Å². The molecule has 0 unspecified atom stereocenters. The molecular weight excluding hydrogens is 218 g/mol. The van der Waals surface area contributed by atoms with Gasteiger partial charge in [0.25, 0.3) is 0 Å². The summed E-state index contributed by atoms with van der Waals surface area (Å²) in [4.78, 5) is 4.26. The fourth-order valence-corrected chi connectivity index (χ4v) is 2.06. The highest BCUT2D eigenvalue weighted by molar-refractivity contribution is 5.56. The van der Waals surface area contributed by atoms with Gasteiger partial charge in [-0.1, -0.05) is 23.4 Å². The lowest BCUT2D eigenvalue weighted by atomic mass is 10.1. The van der Waals surface area contributed by atoms with Crippen molar-refractivity contribution >= 4 is 5.69 Å². The van der Waals surface area contributed by atoms with Gasteiger partial charge in [-0.3, -0.25) is 0 Å². The van der Waals surface area contributed by atoms with Gasteiger partial charge in [-0.25, -0.2) is 0 Å². The largest absolute Gasteiger partial charge is 0.396 e. The third-order valence-electron chi connectivity index (χ3n) is 2.89. The van der Waals surface area contributed by atoms with Crippen molar-refractivity contribution < 1.29 is 9.63 Å². The summed E-state index contributed by atoms with van der Waals surface area (Å²) in [5.41, 5.74) is 2.39. The molecule has 3 rings (SSSR count). The maximum absolute atomic E-state index is 8.80. The summed E-state index contributed by atoms with van der Waals surface area (Å²) >= 11 is 0. The Morgan fingerprint density at radius 3 is 3.12 bits per heavy atom. The average molecular weight is 231 g/mol. The molecule has 88 valence electrons. The number of hydrogen-bond donors (Lipinski definition) is 2. The van der Waals surface area contributed by atoms with Gasteiger partial charge in [0, 0.05) is 18.5 Å². The molecule has 0 amide bonds. The maximum Gasteiger partial charge on any atom is 0.249 e. The molecule has 17 heavy (non-hydrogen) atoms. The van der Waals surface area contributed by atoms with Gasteiger partial charge >= 0.3 is 0 Å². The van der Waals surface area contributed by atoms with Crippen molar-refractivity contribution in [2.75, 3.05) is 11.9 Å². The van der Waals surface area contributed by atoms with Crippen LogP contribution in [0.2, 0.25) is 0 Å². The Hall–Kier alpha value is -1.88. The smallest absolute Gasteiger partial charge is 0.249 e. The lowest BCUT2D eigenvalue weighted by Gasteiger charge is -2.04. The summed E-state index contributed by atoms with van der Waals surface area (Å²) in [5, 5.41) is 16.0. The quantitative estimate of drug-likeness (QED) is 0.833. The van der Waals surface area contributed by atoms with E-state index in [9.17, 15) is 0 Å². The van der Waals surface area contributed by atoms with Gasteiger partial charge in [0.05, 0.1) is 6.61 Å². The van der Waals surface area contributed by atoms with E-state index in [1.54, 1.807) is 0 Å². The predicted octanol–water partition coefficient (Wildman–Crippen LogP) is 1.31. The molecule has 1 aliphatic rings. The number of fused-ring (bicyclic) bond motifs is 1. The van der Waals surface area contributed by atoms with E-state index in [1.807, 2.05) is 18.2 Å². The van der Waals surface area contributed by atoms with Crippen molar-refractivity contribution in [2.24, 2.45) is 0 Å². The first-order valence-electron chi connectivity index (χ1n) is 5.64. The molecule has 5 heteroatoms. The Balaban J connectivity index is 1.79. The summed E-state index contributed by atoms with van der Waals surface area (Å²) in [7, 11) is 0. The van der Waals surface area contributed by atoms with Crippen molar-refractivity contribution in [1.29, 1.82) is 0 Å². The number of anilines is 1. The van der Waals surface area contributed by atoms with Crippen LogP contribution in [0.5, 0.6) is 0 Å². The topological polar surface area (TPSA) is 71.2 Å². The third kappa shape index (κ3) is 1.89. The molecule has 2 heterocycles. The molecule has 0 fully saturated rings. The van der Waals surface area contributed by atoms with Gasteiger partial charge in [-0.15, -0.1) is 0 Å². The minimum absolute atomic E-state index is 0.0390. The monoisotopic (exact) mass is 231 g/mol. The van der Waals surface area contributed by atoms with Crippen LogP contribution in [0, 0.1) is 0 Å². The molecule has 0 saturated heterocycles. The number of hydrogen-bond acceptors (Lipinski definition) is 5. The molecule has 1 aromatic carbocycles. The zero-order chi connectivity index (χ0) is 11.7. The fourth-order valence-electron chi connectivity index (χ4n) is 2.06. The first-order valence-corrected chi connectivity index (χ1v) is 5.64. The standard InChI is InChI=1S/C12H13N3O2/c16-6-5-11-14-12(17-15-11)10-7-8-3-1-2-4-9(8)13-10/h1-4,10,13,16H,5-7H2/t10-/m0/s1. The Labute approximate surface area is 98.5 Å². The molecule has 2 N–H and O–H groups in total. The highest BCUT2D eigenvalue weighted by Gasteiger charge is 2.26. The van der Waals surface area contributed by atoms with Gasteiger partial charge in [0.1, 0.15) is 6.04 Å². The van der Waals surface area contributed by atoms with E-state index < -0.39 is 0 Å². The first kappa shape index (κ1) is 10.3. The second-order valence-electron chi connectivity index (χ2n) is 4.08. The average Bonchev–Trinajstić information content (AvgIpc) is 2.94. The lowest BCUT2D eigenvalue weighted by Crippen LogP contribution is -2.06. The first-order chi connectivity index (χ1) is 8.36. The minimum atomic E-state index is 0.0390. The molecule has 1 aliphatic heterocycles. The van der Waals surface area contributed by atoms with Gasteiger partial charge in [-0.2, -0.15) is 4.98 Å². The Morgan fingerprint density at radius 1 is 1.41 bits per heavy atom. The molecule has 5 nitrogen and oxygen atoms in total. The van der Waals surface area contributed by atoms with E-state index in [4.69, 9.17) is 9.63 Å². The molecule has 0 aliphatic carbocycles. The Morgan fingerprint density at radius 2 is 2.29 bits per heavy atom. The maximum atomic E-state index is 8.80. The molecule has 1 atom stereocenters. The van der Waals surface area contributed by atoms with Crippen LogP contribution in [0.1, 0.15) is 23.3 Å². The molecular formula is C12H13N3O2. The van der Waals surface area contributed by atoms with Crippen molar-refractivity contribution in [3.05, 3.63) is 41.5 Å². The molecule has 0 spiro atoms. The van der Waals surface area contributed by atoms with Crippen LogP contribution in [-0.2, 0) is 12.8 Å². The van der Waals surface area contributed by atoms with Crippen LogP contribution in [0.4, 0.5) is 5.69 Å². The number of para-hydroxylation sites is 1. The van der Waals surface area contributed by atoms with E-state index in [2.05, 4.69) is 21.5 Å². The summed E-state index contributed by atoms with van der Waals surface area (Å²) in [6, 6.07) is 8.20. The summed E-state index contributed by atoms with van der Waals surface area (Å²) in [5.74, 6) is 1.14. The molecule has 2 aromatic rings. The number of aliphatic hydroxyl groups is 1. The van der Waals surface area contributed by atoms with E-state index in [1.165, 1.54) is 5.56 Å². The van der Waals surface area contributed by atoms with Crippen LogP contribution in [-0.4, -0.2) is 21.9 Å². The minimum Gasteiger partial charge on any atom is -0.396 e. The van der Waals surface area contributed by atoms with Crippen LogP contribution >= 0.6 is 0 Å². The van der Waals surface area contributed by atoms with E-state index in [-0.39, 0.29) is 12.6 Å². The molecule has 0 radical (unpaired) electrons. The zero-order valence-electron chi connectivity index (χ0n) is 9.26. The SMILES string of the molecule is OCCc1noc([C@@H]2Cc3ccccc3N2)n1. The zero-order valence-corrected chi connectivity index (χ0v) is 9.26. The highest BCUT2D eigenvalue weighted by atomic mass is 16.5. The number of rotatable bonds is 3. The van der Waals surface area contributed by atoms with E-state index in [0.717, 1.165) is 12.1 Å². The third-order valence-corrected chi connectivity index (χ3v) is 2.89. The van der Waals surface area contributed by atoms with Crippen molar-refractivity contribution in [1.82, 2.24) is 10.1 Å². The molecule has 0 saturated carbocycles. The second-order valence-corrected chi connectivity index (χ2v) is 4.08. The summed E-state index contributed by atoms with van der Waals surface area (Å²) in [6.07, 6.45) is 1.29. The highest BCUT2D eigenvalue weighted by Crippen LogP contribution is 2.32. The predicted molar refractivity (Wildman–Crippen MR) is 61.6 cm³/mol. The van der Waals surface area contributed by atoms with Crippen LogP contribution in [0.3, 0.4) is 0 Å². The van der Waals surface area contributed by atoms with E-state index >= 15 is 0 Å². The Bertz CT molecular complexity index is 499. The Kier molecular flexibility index (Phi) is 2.53. The molecule has 1 aromatic heterocycles.